The summed E-state index contributed by atoms with van der Waals surface area (Å²) in [6, 6.07) is 7.47. The largest absolute Gasteiger partial charge is 0.465 e. The van der Waals surface area contributed by atoms with E-state index in [0.717, 1.165) is 11.8 Å². The van der Waals surface area contributed by atoms with Gasteiger partial charge in [0.05, 0.1) is 11.5 Å². The maximum atomic E-state index is 13.3. The summed E-state index contributed by atoms with van der Waals surface area (Å²) in [4.78, 5) is 10.0. The second-order valence-electron chi connectivity index (χ2n) is 3.76. The molecule has 0 bridgehead atoms. The SMILES string of the molecule is Cc1ccc(CNc2cccc(F)c2[N+](=O)[O-])o1. The van der Waals surface area contributed by atoms with Crippen LogP contribution in [0.4, 0.5) is 15.8 Å². The predicted molar refractivity (Wildman–Crippen MR) is 63.8 cm³/mol. The number of nitrogens with zero attached hydrogens (tertiary/aromatic N) is 1. The summed E-state index contributed by atoms with van der Waals surface area (Å²) in [5, 5.41) is 13.5. The van der Waals surface area contributed by atoms with Crippen LogP contribution in [-0.4, -0.2) is 4.92 Å². The molecule has 0 saturated heterocycles. The Morgan fingerprint density at radius 1 is 1.39 bits per heavy atom. The molecule has 1 N–H and O–H groups in total. The third kappa shape index (κ3) is 2.48. The van der Waals surface area contributed by atoms with Gasteiger partial charge in [0.25, 0.3) is 0 Å². The molecule has 0 aliphatic heterocycles. The summed E-state index contributed by atoms with van der Waals surface area (Å²) in [5.41, 5.74) is -0.421. The van der Waals surface area contributed by atoms with Crippen molar-refractivity contribution >= 4 is 11.4 Å². The Morgan fingerprint density at radius 2 is 2.17 bits per heavy atom. The van der Waals surface area contributed by atoms with Crippen LogP contribution in [0.5, 0.6) is 0 Å². The first kappa shape index (κ1) is 12.1. The van der Waals surface area contributed by atoms with E-state index in [2.05, 4.69) is 5.32 Å². The van der Waals surface area contributed by atoms with Crippen molar-refractivity contribution in [3.63, 3.8) is 0 Å². The molecule has 1 aromatic heterocycles. The van der Waals surface area contributed by atoms with Crippen LogP contribution in [0.25, 0.3) is 0 Å². The molecular formula is C12H11FN2O3. The summed E-state index contributed by atoms with van der Waals surface area (Å²) >= 11 is 0. The second-order valence-corrected chi connectivity index (χ2v) is 3.76. The van der Waals surface area contributed by atoms with Crippen molar-refractivity contribution in [3.8, 4) is 0 Å². The van der Waals surface area contributed by atoms with Crippen molar-refractivity contribution in [2.45, 2.75) is 13.5 Å². The Labute approximate surface area is 102 Å². The highest BCUT2D eigenvalue weighted by Crippen LogP contribution is 2.27. The first-order valence-electron chi connectivity index (χ1n) is 5.30. The van der Waals surface area contributed by atoms with Gasteiger partial charge >= 0.3 is 5.69 Å². The average Bonchev–Trinajstić information content (AvgIpc) is 2.72. The molecule has 0 aliphatic carbocycles. The number of aryl methyl sites for hydroxylation is 1. The summed E-state index contributed by atoms with van der Waals surface area (Å²) in [5.74, 6) is 0.521. The van der Waals surface area contributed by atoms with Crippen LogP contribution in [0.2, 0.25) is 0 Å². The van der Waals surface area contributed by atoms with Crippen molar-refractivity contribution in [3.05, 3.63) is 57.8 Å². The molecule has 94 valence electrons. The van der Waals surface area contributed by atoms with E-state index in [0.29, 0.717) is 5.76 Å². The normalized spacial score (nSPS) is 10.3. The molecule has 0 atom stereocenters. The fourth-order valence-corrected chi connectivity index (χ4v) is 1.61. The van der Waals surface area contributed by atoms with Gasteiger partial charge in [-0.05, 0) is 31.2 Å². The van der Waals surface area contributed by atoms with Gasteiger partial charge in [-0.1, -0.05) is 6.07 Å². The molecule has 0 aliphatic rings. The molecule has 18 heavy (non-hydrogen) atoms. The number of nitro benzene ring substituents is 1. The van der Waals surface area contributed by atoms with Gasteiger partial charge in [-0.3, -0.25) is 10.1 Å². The van der Waals surface area contributed by atoms with E-state index in [9.17, 15) is 14.5 Å². The molecule has 0 fully saturated rings. The molecule has 2 aromatic rings. The van der Waals surface area contributed by atoms with Gasteiger partial charge in [-0.2, -0.15) is 4.39 Å². The molecule has 0 amide bonds. The van der Waals surface area contributed by atoms with Gasteiger partial charge in [0, 0.05) is 0 Å². The zero-order valence-corrected chi connectivity index (χ0v) is 9.64. The van der Waals surface area contributed by atoms with E-state index in [-0.39, 0.29) is 12.2 Å². The highest BCUT2D eigenvalue weighted by molar-refractivity contribution is 5.61. The van der Waals surface area contributed by atoms with E-state index in [4.69, 9.17) is 4.42 Å². The Morgan fingerprint density at radius 3 is 2.78 bits per heavy atom. The number of anilines is 1. The fraction of sp³-hybridized carbons (Fsp3) is 0.167. The highest BCUT2D eigenvalue weighted by atomic mass is 19.1. The lowest BCUT2D eigenvalue weighted by Crippen LogP contribution is -2.03. The minimum absolute atomic E-state index is 0.133. The zero-order valence-electron chi connectivity index (χ0n) is 9.64. The maximum absolute atomic E-state index is 13.3. The number of nitrogens with one attached hydrogen (secondary N) is 1. The third-order valence-corrected chi connectivity index (χ3v) is 2.42. The number of nitro groups is 1. The first-order chi connectivity index (χ1) is 8.58. The van der Waals surface area contributed by atoms with Crippen molar-refractivity contribution in [1.82, 2.24) is 0 Å². The van der Waals surface area contributed by atoms with Crippen LogP contribution in [0.15, 0.2) is 34.7 Å². The number of hydrogen-bond acceptors (Lipinski definition) is 4. The summed E-state index contributed by atoms with van der Waals surface area (Å²) < 4.78 is 18.6. The lowest BCUT2D eigenvalue weighted by atomic mass is 10.2. The molecule has 6 heteroatoms. The van der Waals surface area contributed by atoms with Crippen LogP contribution < -0.4 is 5.32 Å². The number of furan rings is 1. The first-order valence-corrected chi connectivity index (χ1v) is 5.30. The number of halogens is 1. The summed E-state index contributed by atoms with van der Waals surface area (Å²) in [6.45, 7) is 2.06. The van der Waals surface area contributed by atoms with Crippen LogP contribution in [-0.2, 0) is 6.54 Å². The van der Waals surface area contributed by atoms with Crippen LogP contribution in [0.3, 0.4) is 0 Å². The lowest BCUT2D eigenvalue weighted by molar-refractivity contribution is -0.386. The third-order valence-electron chi connectivity index (χ3n) is 2.42. The minimum Gasteiger partial charge on any atom is -0.465 e. The van der Waals surface area contributed by atoms with Gasteiger partial charge in [-0.15, -0.1) is 0 Å². The molecule has 0 unspecified atom stereocenters. The van der Waals surface area contributed by atoms with E-state index >= 15 is 0 Å². The number of rotatable bonds is 4. The Balaban J connectivity index is 2.19. The van der Waals surface area contributed by atoms with Gasteiger partial charge in [-0.25, -0.2) is 0 Å². The smallest absolute Gasteiger partial charge is 0.327 e. The van der Waals surface area contributed by atoms with Crippen molar-refractivity contribution < 1.29 is 13.7 Å². The molecule has 0 radical (unpaired) electrons. The minimum atomic E-state index is -0.861. The maximum Gasteiger partial charge on any atom is 0.327 e. The molecule has 0 saturated carbocycles. The van der Waals surface area contributed by atoms with E-state index in [1.807, 2.05) is 0 Å². The summed E-state index contributed by atoms with van der Waals surface area (Å²) in [7, 11) is 0. The molecular weight excluding hydrogens is 239 g/mol. The Bertz CT molecular complexity index is 580. The topological polar surface area (TPSA) is 68.3 Å². The van der Waals surface area contributed by atoms with Gasteiger partial charge < -0.3 is 9.73 Å². The molecule has 1 heterocycles. The van der Waals surface area contributed by atoms with E-state index in [1.54, 1.807) is 19.1 Å². The van der Waals surface area contributed by atoms with Gasteiger partial charge in [0.1, 0.15) is 17.2 Å². The Hall–Kier alpha value is -2.37. The second kappa shape index (κ2) is 4.87. The van der Waals surface area contributed by atoms with Crippen LogP contribution in [0.1, 0.15) is 11.5 Å². The molecule has 1 aromatic carbocycles. The standard InChI is InChI=1S/C12H11FN2O3/c1-8-5-6-9(18-8)7-14-11-4-2-3-10(13)12(11)15(16)17/h2-6,14H,7H2,1H3. The van der Waals surface area contributed by atoms with Gasteiger partial charge in [0.2, 0.25) is 5.82 Å². The molecule has 5 nitrogen and oxygen atoms in total. The number of para-hydroxylation sites is 1. The number of hydrogen-bond donors (Lipinski definition) is 1. The number of benzene rings is 1. The lowest BCUT2D eigenvalue weighted by Gasteiger charge is -2.05. The predicted octanol–water partition coefficient (Wildman–Crippen LogP) is 3.25. The summed E-state index contributed by atoms with van der Waals surface area (Å²) in [6.07, 6.45) is 0. The highest BCUT2D eigenvalue weighted by Gasteiger charge is 2.19. The average molecular weight is 250 g/mol. The van der Waals surface area contributed by atoms with Crippen molar-refractivity contribution in [2.75, 3.05) is 5.32 Å². The zero-order chi connectivity index (χ0) is 13.1. The van der Waals surface area contributed by atoms with Crippen molar-refractivity contribution in [2.24, 2.45) is 0 Å². The van der Waals surface area contributed by atoms with Crippen molar-refractivity contribution in [1.29, 1.82) is 0 Å². The van der Waals surface area contributed by atoms with E-state index in [1.165, 1.54) is 12.1 Å². The Kier molecular flexibility index (Phi) is 3.27. The van der Waals surface area contributed by atoms with Crippen LogP contribution in [0, 0.1) is 22.9 Å². The quantitative estimate of drug-likeness (QED) is 0.668. The molecule has 2 rings (SSSR count). The monoisotopic (exact) mass is 250 g/mol. The van der Waals surface area contributed by atoms with E-state index < -0.39 is 16.4 Å². The van der Waals surface area contributed by atoms with Gasteiger partial charge in [0.15, 0.2) is 0 Å². The van der Waals surface area contributed by atoms with Crippen LogP contribution >= 0.6 is 0 Å². The fourth-order valence-electron chi connectivity index (χ4n) is 1.61. The molecule has 0 spiro atoms.